The molecule has 11 heteroatoms. The number of hydrogen-bond donors (Lipinski definition) is 3. The predicted octanol–water partition coefficient (Wildman–Crippen LogP) is 2.19. The number of amides is 2. The molecule has 3 N–H and O–H groups in total. The minimum atomic E-state index is -4.49. The molecule has 2 aromatic rings. The minimum Gasteiger partial charge on any atom is -0.481 e. The van der Waals surface area contributed by atoms with Gasteiger partial charge in [-0.2, -0.15) is 13.2 Å². The molecule has 3 rings (SSSR count). The summed E-state index contributed by atoms with van der Waals surface area (Å²) in [5.74, 6) is -1.04. The molecule has 0 unspecified atom stereocenters. The summed E-state index contributed by atoms with van der Waals surface area (Å²) >= 11 is 0. The molecule has 2 aromatic heterocycles. The van der Waals surface area contributed by atoms with Gasteiger partial charge < -0.3 is 15.7 Å². The van der Waals surface area contributed by atoms with Crippen LogP contribution in [0.3, 0.4) is 0 Å². The van der Waals surface area contributed by atoms with Crippen LogP contribution in [0, 0.1) is 5.92 Å². The third kappa shape index (κ3) is 4.47. The first-order valence-electron chi connectivity index (χ1n) is 8.42. The first-order valence-corrected chi connectivity index (χ1v) is 8.42. The molecule has 0 aliphatic heterocycles. The lowest BCUT2D eigenvalue weighted by atomic mass is 9.86. The number of rotatable bonds is 4. The van der Waals surface area contributed by atoms with Crippen LogP contribution in [0.4, 0.5) is 18.0 Å². The van der Waals surface area contributed by atoms with Gasteiger partial charge in [-0.25, -0.2) is 4.79 Å². The molecule has 0 bridgehead atoms. The zero-order valence-electron chi connectivity index (χ0n) is 14.2. The Kier molecular flexibility index (Phi) is 5.19. The molecule has 1 aliphatic rings. The molecular formula is C16H18F3N5O3. The molecule has 0 radical (unpaired) electrons. The predicted molar refractivity (Wildman–Crippen MR) is 86.7 cm³/mol. The lowest BCUT2D eigenvalue weighted by Crippen LogP contribution is -2.44. The van der Waals surface area contributed by atoms with Crippen molar-refractivity contribution in [2.45, 2.75) is 44.4 Å². The molecule has 1 aliphatic carbocycles. The molecule has 2 amide bonds. The van der Waals surface area contributed by atoms with Crippen LogP contribution in [0.5, 0.6) is 0 Å². The molecule has 0 atom stereocenters. The van der Waals surface area contributed by atoms with E-state index in [0.717, 1.165) is 12.3 Å². The third-order valence-electron chi connectivity index (χ3n) is 4.62. The van der Waals surface area contributed by atoms with E-state index in [4.69, 9.17) is 5.11 Å². The molecule has 0 saturated heterocycles. The summed E-state index contributed by atoms with van der Waals surface area (Å²) in [7, 11) is 0. The van der Waals surface area contributed by atoms with E-state index in [1.165, 1.54) is 10.5 Å². The standard InChI is InChI=1S/C16H18F3N5O3/c17-16(18,19)10-3-6-12-22-23-13(24(12)8-10)7-20-15(27)21-11-4-1-9(2-5-11)14(25)26/h3,6,8-9,11H,1-2,4-5,7H2,(H,25,26)(H2,20,21,27). The number of aromatic nitrogens is 3. The van der Waals surface area contributed by atoms with Crippen LogP contribution >= 0.6 is 0 Å². The highest BCUT2D eigenvalue weighted by molar-refractivity contribution is 5.74. The fourth-order valence-corrected chi connectivity index (χ4v) is 3.11. The number of fused-ring (bicyclic) bond motifs is 1. The summed E-state index contributed by atoms with van der Waals surface area (Å²) in [5.41, 5.74) is -0.595. The van der Waals surface area contributed by atoms with E-state index in [1.54, 1.807) is 0 Å². The SMILES string of the molecule is O=C(NCc1nnc2ccc(C(F)(F)F)cn12)NC1CCC(C(=O)O)CC1. The second-order valence-corrected chi connectivity index (χ2v) is 6.47. The molecular weight excluding hydrogens is 367 g/mol. The number of alkyl halides is 3. The van der Waals surface area contributed by atoms with Gasteiger partial charge in [-0.3, -0.25) is 9.20 Å². The van der Waals surface area contributed by atoms with Gasteiger partial charge in [0.05, 0.1) is 18.0 Å². The Hall–Kier alpha value is -2.85. The van der Waals surface area contributed by atoms with E-state index in [1.807, 2.05) is 0 Å². The van der Waals surface area contributed by atoms with Crippen molar-refractivity contribution in [3.8, 4) is 0 Å². The number of aliphatic carboxylic acids is 1. The average Bonchev–Trinajstić information content (AvgIpc) is 3.02. The molecule has 8 nitrogen and oxygen atoms in total. The zero-order valence-corrected chi connectivity index (χ0v) is 14.2. The van der Waals surface area contributed by atoms with Crippen molar-refractivity contribution in [2.24, 2.45) is 5.92 Å². The van der Waals surface area contributed by atoms with Gasteiger partial charge in [0.15, 0.2) is 11.5 Å². The normalized spacial score (nSPS) is 20.4. The number of nitrogens with one attached hydrogen (secondary N) is 2. The smallest absolute Gasteiger partial charge is 0.417 e. The maximum atomic E-state index is 12.8. The highest BCUT2D eigenvalue weighted by atomic mass is 19.4. The lowest BCUT2D eigenvalue weighted by Gasteiger charge is -2.26. The van der Waals surface area contributed by atoms with Gasteiger partial charge in [-0.15, -0.1) is 10.2 Å². The molecule has 0 spiro atoms. The molecule has 146 valence electrons. The van der Waals surface area contributed by atoms with Crippen molar-refractivity contribution in [1.82, 2.24) is 25.2 Å². The van der Waals surface area contributed by atoms with Crippen LogP contribution in [0.2, 0.25) is 0 Å². The number of halogens is 3. The summed E-state index contributed by atoms with van der Waals surface area (Å²) in [6.45, 7) is -0.0984. The Morgan fingerprint density at radius 3 is 2.52 bits per heavy atom. The van der Waals surface area contributed by atoms with Gasteiger partial charge in [0.2, 0.25) is 0 Å². The van der Waals surface area contributed by atoms with E-state index in [0.29, 0.717) is 25.7 Å². The fraction of sp³-hybridized carbons (Fsp3) is 0.500. The van der Waals surface area contributed by atoms with Crippen LogP contribution in [0.25, 0.3) is 5.65 Å². The molecule has 27 heavy (non-hydrogen) atoms. The number of hydrogen-bond acceptors (Lipinski definition) is 4. The van der Waals surface area contributed by atoms with E-state index < -0.39 is 23.7 Å². The Labute approximate surface area is 151 Å². The molecule has 0 aromatic carbocycles. The van der Waals surface area contributed by atoms with Crippen LogP contribution in [-0.4, -0.2) is 37.7 Å². The van der Waals surface area contributed by atoms with Crippen molar-refractivity contribution in [2.75, 3.05) is 0 Å². The van der Waals surface area contributed by atoms with E-state index in [-0.39, 0.29) is 30.0 Å². The van der Waals surface area contributed by atoms with Crippen LogP contribution in [0.15, 0.2) is 18.3 Å². The summed E-state index contributed by atoms with van der Waals surface area (Å²) < 4.78 is 39.7. The minimum absolute atomic E-state index is 0.0984. The maximum absolute atomic E-state index is 12.8. The Balaban J connectivity index is 1.57. The Morgan fingerprint density at radius 1 is 1.19 bits per heavy atom. The number of carboxylic acids is 1. The van der Waals surface area contributed by atoms with Gasteiger partial charge in [0, 0.05) is 12.2 Å². The van der Waals surface area contributed by atoms with Crippen LogP contribution in [-0.2, 0) is 17.5 Å². The van der Waals surface area contributed by atoms with Crippen LogP contribution in [0.1, 0.15) is 37.1 Å². The summed E-state index contributed by atoms with van der Waals surface area (Å²) in [4.78, 5) is 22.9. The second kappa shape index (κ2) is 7.41. The Bertz CT molecular complexity index is 843. The van der Waals surface area contributed by atoms with Crippen LogP contribution < -0.4 is 10.6 Å². The first-order chi connectivity index (χ1) is 12.7. The first kappa shape index (κ1) is 18.9. The number of pyridine rings is 1. The summed E-state index contributed by atoms with van der Waals surface area (Å²) in [6.07, 6.45) is -1.49. The van der Waals surface area contributed by atoms with Crippen molar-refractivity contribution in [3.63, 3.8) is 0 Å². The topological polar surface area (TPSA) is 109 Å². The maximum Gasteiger partial charge on any atom is 0.417 e. The number of carbonyl (C=O) groups excluding carboxylic acids is 1. The van der Waals surface area contributed by atoms with Gasteiger partial charge in [0.25, 0.3) is 0 Å². The van der Waals surface area contributed by atoms with Gasteiger partial charge in [0.1, 0.15) is 0 Å². The number of carboxylic acid groups (broad SMARTS) is 1. The number of carbonyl (C=O) groups is 2. The second-order valence-electron chi connectivity index (χ2n) is 6.47. The van der Waals surface area contributed by atoms with Gasteiger partial charge in [-0.05, 0) is 37.8 Å². The van der Waals surface area contributed by atoms with E-state index >= 15 is 0 Å². The van der Waals surface area contributed by atoms with Crippen molar-refractivity contribution in [1.29, 1.82) is 0 Å². The van der Waals surface area contributed by atoms with E-state index in [2.05, 4.69) is 20.8 Å². The highest BCUT2D eigenvalue weighted by Crippen LogP contribution is 2.29. The van der Waals surface area contributed by atoms with Crippen molar-refractivity contribution >= 4 is 17.6 Å². The zero-order chi connectivity index (χ0) is 19.6. The van der Waals surface area contributed by atoms with E-state index in [9.17, 15) is 22.8 Å². The number of nitrogens with zero attached hydrogens (tertiary/aromatic N) is 3. The molecule has 1 fully saturated rings. The number of urea groups is 1. The average molecular weight is 385 g/mol. The Morgan fingerprint density at radius 2 is 1.89 bits per heavy atom. The summed E-state index contributed by atoms with van der Waals surface area (Å²) in [5, 5.41) is 21.8. The van der Waals surface area contributed by atoms with Crippen molar-refractivity contribution in [3.05, 3.63) is 29.7 Å². The molecule has 2 heterocycles. The quantitative estimate of drug-likeness (QED) is 0.748. The monoisotopic (exact) mass is 385 g/mol. The summed E-state index contributed by atoms with van der Waals surface area (Å²) in [6, 6.07) is 1.51. The van der Waals surface area contributed by atoms with Gasteiger partial charge in [-0.1, -0.05) is 0 Å². The molecule has 1 saturated carbocycles. The third-order valence-corrected chi connectivity index (χ3v) is 4.62. The highest BCUT2D eigenvalue weighted by Gasteiger charge is 2.31. The lowest BCUT2D eigenvalue weighted by molar-refractivity contribution is -0.143. The van der Waals surface area contributed by atoms with Crippen molar-refractivity contribution < 1.29 is 27.9 Å². The van der Waals surface area contributed by atoms with Gasteiger partial charge >= 0.3 is 18.2 Å². The fourth-order valence-electron chi connectivity index (χ4n) is 3.11. The largest absolute Gasteiger partial charge is 0.481 e.